The molecule has 31 heavy (non-hydrogen) atoms. The summed E-state index contributed by atoms with van der Waals surface area (Å²) in [5, 5.41) is 0. The highest BCUT2D eigenvalue weighted by molar-refractivity contribution is 5.85. The van der Waals surface area contributed by atoms with Crippen LogP contribution in [0, 0.1) is 11.7 Å². The second-order valence-electron chi connectivity index (χ2n) is 8.23. The van der Waals surface area contributed by atoms with E-state index in [1.54, 1.807) is 40.5 Å². The predicted molar refractivity (Wildman–Crippen MR) is 113 cm³/mol. The molecule has 166 valence electrons. The highest BCUT2D eigenvalue weighted by atomic mass is 19.1. The van der Waals surface area contributed by atoms with Gasteiger partial charge in [-0.1, -0.05) is 26.0 Å². The van der Waals surface area contributed by atoms with Gasteiger partial charge >= 0.3 is 0 Å². The van der Waals surface area contributed by atoms with Crippen LogP contribution in [0.2, 0.25) is 0 Å². The molecule has 0 unspecified atom stereocenters. The first-order valence-electron chi connectivity index (χ1n) is 10.6. The lowest BCUT2D eigenvalue weighted by molar-refractivity contribution is -0.139. The Morgan fingerprint density at radius 3 is 2.84 bits per heavy atom. The van der Waals surface area contributed by atoms with Crippen molar-refractivity contribution < 1.29 is 18.7 Å². The lowest BCUT2D eigenvalue weighted by atomic mass is 10.2. The summed E-state index contributed by atoms with van der Waals surface area (Å²) in [6.07, 6.45) is 5.16. The Morgan fingerprint density at radius 2 is 2.13 bits per heavy atom. The third-order valence-electron chi connectivity index (χ3n) is 5.05. The highest BCUT2D eigenvalue weighted by Crippen LogP contribution is 2.15. The zero-order valence-corrected chi connectivity index (χ0v) is 18.0. The zero-order valence-electron chi connectivity index (χ0n) is 18.0. The number of aryl methyl sites for hydroxylation is 1. The molecule has 0 N–H and O–H groups in total. The third kappa shape index (κ3) is 7.10. The van der Waals surface area contributed by atoms with Crippen LogP contribution >= 0.6 is 0 Å². The zero-order chi connectivity index (χ0) is 22.2. The summed E-state index contributed by atoms with van der Waals surface area (Å²) >= 11 is 0. The molecule has 0 bridgehead atoms. The monoisotopic (exact) mass is 428 g/mol. The van der Waals surface area contributed by atoms with Gasteiger partial charge in [0.15, 0.2) is 0 Å². The molecule has 8 heteroatoms. The maximum absolute atomic E-state index is 13.5. The van der Waals surface area contributed by atoms with Crippen molar-refractivity contribution in [1.29, 1.82) is 0 Å². The minimum Gasteiger partial charge on any atom is -0.370 e. The van der Waals surface area contributed by atoms with Gasteiger partial charge in [-0.25, -0.2) is 4.39 Å². The van der Waals surface area contributed by atoms with Crippen molar-refractivity contribution in [3.63, 3.8) is 0 Å². The molecule has 1 aliphatic heterocycles. The molecule has 2 heterocycles. The van der Waals surface area contributed by atoms with Gasteiger partial charge in [-0.3, -0.25) is 19.6 Å². The van der Waals surface area contributed by atoms with Gasteiger partial charge in [0.05, 0.1) is 24.9 Å². The number of carbonyl (C=O) groups excluding carboxylic acids is 2. The molecule has 7 nitrogen and oxygen atoms in total. The third-order valence-corrected chi connectivity index (χ3v) is 5.05. The van der Waals surface area contributed by atoms with E-state index < -0.39 is 0 Å². The summed E-state index contributed by atoms with van der Waals surface area (Å²) in [7, 11) is 0. The van der Waals surface area contributed by atoms with E-state index in [9.17, 15) is 14.0 Å². The molecule has 1 aromatic carbocycles. The van der Waals surface area contributed by atoms with Crippen molar-refractivity contribution in [2.75, 3.05) is 26.2 Å². The van der Waals surface area contributed by atoms with Crippen molar-refractivity contribution >= 4 is 11.8 Å². The Bertz CT molecular complexity index is 878. The first-order valence-corrected chi connectivity index (χ1v) is 10.6. The SMILES string of the molecule is CC(C)CN1C[C@@H](OCc2cccc(F)c2)CN(C(=O)CCc2cnccn2)CC1=O. The van der Waals surface area contributed by atoms with E-state index in [-0.39, 0.29) is 43.3 Å². The number of aromatic nitrogens is 2. The van der Waals surface area contributed by atoms with Crippen LogP contribution in [0.3, 0.4) is 0 Å². The Balaban J connectivity index is 1.67. The number of ether oxygens (including phenoxy) is 1. The van der Waals surface area contributed by atoms with Gasteiger partial charge in [-0.2, -0.15) is 0 Å². The van der Waals surface area contributed by atoms with Crippen LogP contribution in [0.5, 0.6) is 0 Å². The van der Waals surface area contributed by atoms with E-state index >= 15 is 0 Å². The fourth-order valence-corrected chi connectivity index (χ4v) is 3.58. The maximum atomic E-state index is 13.5. The Morgan fingerprint density at radius 1 is 1.29 bits per heavy atom. The summed E-state index contributed by atoms with van der Waals surface area (Å²) in [6.45, 7) is 5.66. The topological polar surface area (TPSA) is 75.6 Å². The number of rotatable bonds is 8. The molecule has 2 amide bonds. The second-order valence-corrected chi connectivity index (χ2v) is 8.23. The smallest absolute Gasteiger partial charge is 0.242 e. The van der Waals surface area contributed by atoms with Crippen LogP contribution in [-0.4, -0.2) is 63.9 Å². The van der Waals surface area contributed by atoms with E-state index in [1.165, 1.54) is 12.1 Å². The fourth-order valence-electron chi connectivity index (χ4n) is 3.58. The largest absolute Gasteiger partial charge is 0.370 e. The lowest BCUT2D eigenvalue weighted by Gasteiger charge is -2.26. The van der Waals surface area contributed by atoms with Gasteiger partial charge in [0.1, 0.15) is 5.82 Å². The van der Waals surface area contributed by atoms with Crippen molar-refractivity contribution in [3.8, 4) is 0 Å². The number of hydrogen-bond donors (Lipinski definition) is 0. The molecule has 0 spiro atoms. The summed E-state index contributed by atoms with van der Waals surface area (Å²) in [5.41, 5.74) is 1.45. The van der Waals surface area contributed by atoms with E-state index in [1.807, 2.05) is 13.8 Å². The first kappa shape index (κ1) is 22.8. The molecule has 1 atom stereocenters. The molecule has 0 saturated carbocycles. The van der Waals surface area contributed by atoms with Gasteiger partial charge < -0.3 is 14.5 Å². The van der Waals surface area contributed by atoms with E-state index in [0.29, 0.717) is 37.5 Å². The number of carbonyl (C=O) groups is 2. The molecular weight excluding hydrogens is 399 g/mol. The van der Waals surface area contributed by atoms with Gasteiger partial charge in [0.25, 0.3) is 0 Å². The summed E-state index contributed by atoms with van der Waals surface area (Å²) in [6, 6.07) is 6.24. The van der Waals surface area contributed by atoms with E-state index in [2.05, 4.69) is 9.97 Å². The van der Waals surface area contributed by atoms with Crippen LogP contribution in [-0.2, 0) is 27.4 Å². The number of benzene rings is 1. The number of nitrogens with zero attached hydrogens (tertiary/aromatic N) is 4. The Kier molecular flexibility index (Phi) is 8.06. The molecule has 0 radical (unpaired) electrons. The summed E-state index contributed by atoms with van der Waals surface area (Å²) in [4.78, 5) is 37.2. The Labute approximate surface area is 182 Å². The molecule has 0 aliphatic carbocycles. The summed E-state index contributed by atoms with van der Waals surface area (Å²) in [5.74, 6) is -0.228. The van der Waals surface area contributed by atoms with Gasteiger partial charge in [-0.05, 0) is 30.0 Å². The molecule has 3 rings (SSSR count). The van der Waals surface area contributed by atoms with Crippen molar-refractivity contribution in [1.82, 2.24) is 19.8 Å². The Hall–Kier alpha value is -2.87. The average molecular weight is 429 g/mol. The van der Waals surface area contributed by atoms with Crippen LogP contribution in [0.4, 0.5) is 4.39 Å². The first-order chi connectivity index (χ1) is 14.9. The lowest BCUT2D eigenvalue weighted by Crippen LogP contribution is -2.40. The molecule has 1 saturated heterocycles. The standard InChI is InChI=1S/C23H29FN4O3/c1-17(2)12-27-13-21(31-16-18-4-3-5-19(24)10-18)14-28(15-23(27)30)22(29)7-6-20-11-25-8-9-26-20/h3-5,8-11,17,21H,6-7,12-16H2,1-2H3/t21-/m1/s1. The second kappa shape index (κ2) is 10.9. The van der Waals surface area contributed by atoms with E-state index in [0.717, 1.165) is 5.69 Å². The number of amides is 2. The van der Waals surface area contributed by atoms with Gasteiger partial charge in [0.2, 0.25) is 11.8 Å². The van der Waals surface area contributed by atoms with Crippen molar-refractivity contribution in [3.05, 3.63) is 59.9 Å². The average Bonchev–Trinajstić information content (AvgIpc) is 2.90. The highest BCUT2D eigenvalue weighted by Gasteiger charge is 2.31. The quantitative estimate of drug-likeness (QED) is 0.646. The van der Waals surface area contributed by atoms with Crippen molar-refractivity contribution in [2.24, 2.45) is 5.92 Å². The predicted octanol–water partition coefficient (Wildman–Crippen LogP) is 2.46. The summed E-state index contributed by atoms with van der Waals surface area (Å²) < 4.78 is 19.5. The van der Waals surface area contributed by atoms with Crippen LogP contribution < -0.4 is 0 Å². The minimum absolute atomic E-state index is 0.0336. The van der Waals surface area contributed by atoms with Gasteiger partial charge in [-0.15, -0.1) is 0 Å². The minimum atomic E-state index is -0.353. The molecular formula is C23H29FN4O3. The molecule has 2 aromatic rings. The van der Waals surface area contributed by atoms with Crippen molar-refractivity contribution in [2.45, 2.75) is 39.4 Å². The normalized spacial score (nSPS) is 17.2. The van der Waals surface area contributed by atoms with Crippen LogP contribution in [0.15, 0.2) is 42.9 Å². The molecule has 1 aliphatic rings. The van der Waals surface area contributed by atoms with E-state index in [4.69, 9.17) is 4.74 Å². The number of halogens is 1. The van der Waals surface area contributed by atoms with Crippen LogP contribution in [0.25, 0.3) is 0 Å². The van der Waals surface area contributed by atoms with Crippen LogP contribution in [0.1, 0.15) is 31.5 Å². The maximum Gasteiger partial charge on any atom is 0.242 e. The molecule has 1 fully saturated rings. The fraction of sp³-hybridized carbons (Fsp3) is 0.478. The van der Waals surface area contributed by atoms with Gasteiger partial charge in [0, 0.05) is 44.6 Å². The number of hydrogen-bond acceptors (Lipinski definition) is 5. The molecule has 1 aromatic heterocycles.